The normalized spacial score (nSPS) is 19.2. The van der Waals surface area contributed by atoms with E-state index in [1.54, 1.807) is 4.90 Å². The van der Waals surface area contributed by atoms with Crippen LogP contribution in [0.5, 0.6) is 0 Å². The molecule has 0 aromatic carbocycles. The van der Waals surface area contributed by atoms with E-state index in [2.05, 4.69) is 27.8 Å². The molecular formula is C18H29N5O2. The molecule has 1 amide bonds. The van der Waals surface area contributed by atoms with Gasteiger partial charge in [-0.3, -0.25) is 0 Å². The number of ether oxygens (including phenoxy) is 1. The van der Waals surface area contributed by atoms with Crippen LogP contribution in [-0.2, 0) is 4.74 Å². The largest absolute Gasteiger partial charge is 0.450 e. The predicted octanol–water partition coefficient (Wildman–Crippen LogP) is 2.30. The van der Waals surface area contributed by atoms with Gasteiger partial charge in [-0.25, -0.2) is 9.78 Å². The van der Waals surface area contributed by atoms with Gasteiger partial charge in [0.05, 0.1) is 6.61 Å². The lowest BCUT2D eigenvalue weighted by atomic mass is 9.99. The zero-order chi connectivity index (χ0) is 17.8. The van der Waals surface area contributed by atoms with E-state index in [4.69, 9.17) is 9.72 Å². The summed E-state index contributed by atoms with van der Waals surface area (Å²) in [6.45, 7) is 11.5. The van der Waals surface area contributed by atoms with Gasteiger partial charge in [0.15, 0.2) is 0 Å². The summed E-state index contributed by atoms with van der Waals surface area (Å²) in [5.74, 6) is 2.61. The van der Waals surface area contributed by atoms with Gasteiger partial charge >= 0.3 is 6.09 Å². The van der Waals surface area contributed by atoms with Crippen molar-refractivity contribution in [2.24, 2.45) is 5.92 Å². The highest BCUT2D eigenvalue weighted by Crippen LogP contribution is 2.24. The highest BCUT2D eigenvalue weighted by molar-refractivity contribution is 5.68. The maximum absolute atomic E-state index is 11.8. The molecule has 0 atom stereocenters. The summed E-state index contributed by atoms with van der Waals surface area (Å²) >= 11 is 0. The van der Waals surface area contributed by atoms with Gasteiger partial charge in [-0.1, -0.05) is 6.92 Å². The number of hydrogen-bond donors (Lipinski definition) is 0. The van der Waals surface area contributed by atoms with Gasteiger partial charge < -0.3 is 19.4 Å². The van der Waals surface area contributed by atoms with Crippen LogP contribution in [0, 0.1) is 12.8 Å². The molecule has 1 aromatic rings. The molecule has 0 radical (unpaired) electrons. The van der Waals surface area contributed by atoms with Crippen molar-refractivity contribution in [3.8, 4) is 0 Å². The highest BCUT2D eigenvalue weighted by Gasteiger charge is 2.25. The van der Waals surface area contributed by atoms with Gasteiger partial charge in [0.25, 0.3) is 0 Å². The van der Waals surface area contributed by atoms with Crippen LogP contribution in [0.25, 0.3) is 0 Å². The Morgan fingerprint density at radius 1 is 1.12 bits per heavy atom. The van der Waals surface area contributed by atoms with Gasteiger partial charge in [0.2, 0.25) is 5.95 Å². The topological polar surface area (TPSA) is 61.8 Å². The minimum Gasteiger partial charge on any atom is -0.450 e. The van der Waals surface area contributed by atoms with Crippen molar-refractivity contribution >= 4 is 17.9 Å². The first-order valence-corrected chi connectivity index (χ1v) is 9.34. The third kappa shape index (κ3) is 4.32. The van der Waals surface area contributed by atoms with Gasteiger partial charge in [0, 0.05) is 51.0 Å². The molecule has 0 unspecified atom stereocenters. The van der Waals surface area contributed by atoms with Crippen LogP contribution in [-0.4, -0.2) is 66.8 Å². The number of rotatable bonds is 3. The van der Waals surface area contributed by atoms with Crippen LogP contribution in [0.2, 0.25) is 0 Å². The number of nitrogens with zero attached hydrogens (tertiary/aromatic N) is 5. The monoisotopic (exact) mass is 347 g/mol. The number of hydrogen-bond acceptors (Lipinski definition) is 6. The van der Waals surface area contributed by atoms with Crippen molar-refractivity contribution in [2.75, 3.05) is 55.7 Å². The number of carbonyl (C=O) groups excluding carboxylic acids is 1. The SMILES string of the molecule is CCOC(=O)N1CCN(c2nc(C)cc(N3CCC(C)CC3)n2)CC1. The van der Waals surface area contributed by atoms with E-state index in [1.807, 2.05) is 13.8 Å². The fourth-order valence-corrected chi connectivity index (χ4v) is 3.38. The lowest BCUT2D eigenvalue weighted by molar-refractivity contribution is 0.105. The second-order valence-corrected chi connectivity index (χ2v) is 7.01. The van der Waals surface area contributed by atoms with E-state index < -0.39 is 0 Å². The predicted molar refractivity (Wildman–Crippen MR) is 98.2 cm³/mol. The van der Waals surface area contributed by atoms with Crippen molar-refractivity contribution in [3.63, 3.8) is 0 Å². The van der Waals surface area contributed by atoms with E-state index >= 15 is 0 Å². The fourth-order valence-electron chi connectivity index (χ4n) is 3.38. The summed E-state index contributed by atoms with van der Waals surface area (Å²) < 4.78 is 5.08. The van der Waals surface area contributed by atoms with Crippen LogP contribution >= 0.6 is 0 Å². The molecule has 25 heavy (non-hydrogen) atoms. The number of piperidine rings is 1. The molecule has 2 aliphatic heterocycles. The smallest absolute Gasteiger partial charge is 0.409 e. The maximum Gasteiger partial charge on any atom is 0.409 e. The summed E-state index contributed by atoms with van der Waals surface area (Å²) in [6.07, 6.45) is 2.21. The van der Waals surface area contributed by atoms with Gasteiger partial charge in [0.1, 0.15) is 5.82 Å². The molecule has 0 N–H and O–H groups in total. The molecule has 0 saturated carbocycles. The van der Waals surface area contributed by atoms with Crippen molar-refractivity contribution in [2.45, 2.75) is 33.6 Å². The molecule has 0 spiro atoms. The Morgan fingerprint density at radius 3 is 2.44 bits per heavy atom. The third-order valence-electron chi connectivity index (χ3n) is 5.03. The second-order valence-electron chi connectivity index (χ2n) is 7.01. The Morgan fingerprint density at radius 2 is 1.80 bits per heavy atom. The lowest BCUT2D eigenvalue weighted by Crippen LogP contribution is -2.49. The minimum atomic E-state index is -0.226. The molecule has 2 saturated heterocycles. The summed E-state index contributed by atoms with van der Waals surface area (Å²) in [5, 5.41) is 0. The molecule has 7 heteroatoms. The first-order valence-electron chi connectivity index (χ1n) is 9.34. The van der Waals surface area contributed by atoms with Crippen molar-refractivity contribution in [3.05, 3.63) is 11.8 Å². The first-order chi connectivity index (χ1) is 12.1. The molecule has 1 aromatic heterocycles. The summed E-state index contributed by atoms with van der Waals surface area (Å²) in [7, 11) is 0. The molecule has 3 rings (SSSR count). The average Bonchev–Trinajstić information content (AvgIpc) is 2.62. The van der Waals surface area contributed by atoms with Crippen LogP contribution in [0.4, 0.5) is 16.6 Å². The van der Waals surface area contributed by atoms with Gasteiger partial charge in [-0.2, -0.15) is 4.98 Å². The van der Waals surface area contributed by atoms with Crippen molar-refractivity contribution in [1.29, 1.82) is 0 Å². The van der Waals surface area contributed by atoms with E-state index in [0.717, 1.165) is 49.6 Å². The number of anilines is 2. The van der Waals surface area contributed by atoms with E-state index in [9.17, 15) is 4.79 Å². The molecule has 0 aliphatic carbocycles. The van der Waals surface area contributed by atoms with Crippen LogP contribution in [0.3, 0.4) is 0 Å². The molecule has 0 bridgehead atoms. The molecular weight excluding hydrogens is 318 g/mol. The van der Waals surface area contributed by atoms with E-state index in [-0.39, 0.29) is 6.09 Å². The number of aryl methyl sites for hydroxylation is 1. The van der Waals surface area contributed by atoms with Crippen LogP contribution < -0.4 is 9.80 Å². The van der Waals surface area contributed by atoms with E-state index in [1.165, 1.54) is 12.8 Å². The third-order valence-corrected chi connectivity index (χ3v) is 5.03. The Kier molecular flexibility index (Phi) is 5.60. The Bertz CT molecular complexity index is 593. The fraction of sp³-hybridized carbons (Fsp3) is 0.722. The summed E-state index contributed by atoms with van der Waals surface area (Å²) in [4.78, 5) is 27.6. The van der Waals surface area contributed by atoms with Crippen molar-refractivity contribution in [1.82, 2.24) is 14.9 Å². The van der Waals surface area contributed by atoms with Gasteiger partial charge in [-0.05, 0) is 32.6 Å². The highest BCUT2D eigenvalue weighted by atomic mass is 16.6. The molecule has 138 valence electrons. The summed E-state index contributed by atoms with van der Waals surface area (Å²) in [5.41, 5.74) is 0.992. The lowest BCUT2D eigenvalue weighted by Gasteiger charge is -2.35. The number of amides is 1. The Balaban J connectivity index is 1.66. The molecule has 2 fully saturated rings. The number of carbonyl (C=O) groups is 1. The van der Waals surface area contributed by atoms with Crippen molar-refractivity contribution < 1.29 is 9.53 Å². The number of aromatic nitrogens is 2. The molecule has 2 aliphatic rings. The minimum absolute atomic E-state index is 0.226. The van der Waals surface area contributed by atoms with Crippen LogP contribution in [0.15, 0.2) is 6.07 Å². The second kappa shape index (κ2) is 7.89. The Hall–Kier alpha value is -2.05. The summed E-state index contributed by atoms with van der Waals surface area (Å²) in [6, 6.07) is 2.08. The zero-order valence-electron chi connectivity index (χ0n) is 15.6. The maximum atomic E-state index is 11.8. The average molecular weight is 347 g/mol. The standard InChI is InChI=1S/C18H29N5O2/c1-4-25-18(24)23-11-9-22(10-12-23)17-19-15(3)13-16(20-17)21-7-5-14(2)6-8-21/h13-14H,4-12H2,1-3H3. The Labute approximate surface area is 150 Å². The quantitative estimate of drug-likeness (QED) is 0.836. The first kappa shape index (κ1) is 17.8. The van der Waals surface area contributed by atoms with Crippen LogP contribution in [0.1, 0.15) is 32.4 Å². The molecule has 7 nitrogen and oxygen atoms in total. The van der Waals surface area contributed by atoms with E-state index in [0.29, 0.717) is 19.7 Å². The number of piperazine rings is 1. The zero-order valence-corrected chi connectivity index (χ0v) is 15.6. The van der Waals surface area contributed by atoms with Gasteiger partial charge in [-0.15, -0.1) is 0 Å². The molecule has 3 heterocycles.